The molecule has 2 aromatic heterocycles. The van der Waals surface area contributed by atoms with E-state index < -0.39 is 0 Å². The Labute approximate surface area is 172 Å². The van der Waals surface area contributed by atoms with Gasteiger partial charge >= 0.3 is 0 Å². The van der Waals surface area contributed by atoms with Crippen molar-refractivity contribution in [2.75, 3.05) is 18.5 Å². The first-order chi connectivity index (χ1) is 14.7. The molecule has 4 heterocycles. The summed E-state index contributed by atoms with van der Waals surface area (Å²) < 4.78 is 7.31. The summed E-state index contributed by atoms with van der Waals surface area (Å²) in [5, 5.41) is 7.27. The molecule has 3 aromatic rings. The molecule has 2 saturated heterocycles. The molecule has 8 nitrogen and oxygen atoms in total. The van der Waals surface area contributed by atoms with Crippen LogP contribution in [0.25, 0.3) is 16.9 Å². The van der Waals surface area contributed by atoms with Crippen molar-refractivity contribution in [3.05, 3.63) is 48.0 Å². The highest BCUT2D eigenvalue weighted by Gasteiger charge is 2.41. The highest BCUT2D eigenvalue weighted by molar-refractivity contribution is 5.95. The zero-order valence-corrected chi connectivity index (χ0v) is 16.3. The van der Waals surface area contributed by atoms with Crippen LogP contribution in [0.2, 0.25) is 0 Å². The van der Waals surface area contributed by atoms with Gasteiger partial charge in [-0.3, -0.25) is 14.9 Å². The SMILES string of the molecule is O=C(Nc1nc2cccc(-c3ccc(C(=O)N4CC5CC4CO5)cc3)n2n1)C1CC1. The smallest absolute Gasteiger partial charge is 0.254 e. The summed E-state index contributed by atoms with van der Waals surface area (Å²) in [4.78, 5) is 31.2. The standard InChI is InChI=1S/C22H21N5O3/c28-20(14-6-7-14)24-22-23-19-3-1-2-18(27(19)25-22)13-4-8-15(9-5-13)21(29)26-11-17-10-16(26)12-30-17/h1-5,8-9,14,16-17H,6-7,10-12H2,(H,24,25,28). The number of rotatable bonds is 4. The molecule has 3 aliphatic rings. The normalized spacial score (nSPS) is 22.6. The Morgan fingerprint density at radius 2 is 1.93 bits per heavy atom. The third-order valence-electron chi connectivity index (χ3n) is 6.13. The third kappa shape index (κ3) is 2.95. The molecule has 1 aromatic carbocycles. The van der Waals surface area contributed by atoms with E-state index in [2.05, 4.69) is 15.4 Å². The summed E-state index contributed by atoms with van der Waals surface area (Å²) in [5.41, 5.74) is 3.11. The van der Waals surface area contributed by atoms with Crippen LogP contribution in [0.5, 0.6) is 0 Å². The first-order valence-corrected chi connectivity index (χ1v) is 10.4. The van der Waals surface area contributed by atoms with Crippen LogP contribution in [0.3, 0.4) is 0 Å². The number of hydrogen-bond donors (Lipinski definition) is 1. The Morgan fingerprint density at radius 1 is 1.10 bits per heavy atom. The molecule has 2 bridgehead atoms. The monoisotopic (exact) mass is 403 g/mol. The number of benzene rings is 1. The molecule has 2 atom stereocenters. The second-order valence-electron chi connectivity index (χ2n) is 8.26. The van der Waals surface area contributed by atoms with Crippen LogP contribution in [0, 0.1) is 5.92 Å². The highest BCUT2D eigenvalue weighted by Crippen LogP contribution is 2.31. The van der Waals surface area contributed by atoms with Crippen molar-refractivity contribution in [3.8, 4) is 11.3 Å². The maximum Gasteiger partial charge on any atom is 0.254 e. The minimum Gasteiger partial charge on any atom is -0.374 e. The number of ether oxygens (including phenoxy) is 1. The summed E-state index contributed by atoms with van der Waals surface area (Å²) in [6.07, 6.45) is 3.00. The van der Waals surface area contributed by atoms with E-state index in [4.69, 9.17) is 4.74 Å². The van der Waals surface area contributed by atoms with Gasteiger partial charge in [0.15, 0.2) is 5.65 Å². The first kappa shape index (κ1) is 17.6. The van der Waals surface area contributed by atoms with Crippen molar-refractivity contribution < 1.29 is 14.3 Å². The Hall–Kier alpha value is -3.26. The van der Waals surface area contributed by atoms with Crippen LogP contribution >= 0.6 is 0 Å². The summed E-state index contributed by atoms with van der Waals surface area (Å²) in [5.74, 6) is 0.453. The predicted molar refractivity (Wildman–Crippen MR) is 109 cm³/mol. The van der Waals surface area contributed by atoms with E-state index in [1.165, 1.54) is 0 Å². The number of likely N-dealkylation sites (tertiary alicyclic amines) is 1. The number of fused-ring (bicyclic) bond motifs is 3. The number of nitrogens with one attached hydrogen (secondary N) is 1. The van der Waals surface area contributed by atoms with Gasteiger partial charge in [-0.05, 0) is 43.5 Å². The molecule has 1 saturated carbocycles. The second kappa shape index (κ2) is 6.63. The van der Waals surface area contributed by atoms with Crippen LogP contribution in [-0.2, 0) is 9.53 Å². The van der Waals surface area contributed by atoms with Crippen molar-refractivity contribution in [3.63, 3.8) is 0 Å². The van der Waals surface area contributed by atoms with Crippen LogP contribution in [0.15, 0.2) is 42.5 Å². The van der Waals surface area contributed by atoms with Crippen molar-refractivity contribution in [1.82, 2.24) is 19.5 Å². The number of carbonyl (C=O) groups excluding carboxylic acids is 2. The van der Waals surface area contributed by atoms with Gasteiger partial charge in [0.05, 0.1) is 24.4 Å². The fourth-order valence-electron chi connectivity index (χ4n) is 4.33. The Kier molecular flexibility index (Phi) is 3.89. The lowest BCUT2D eigenvalue weighted by Gasteiger charge is -2.27. The van der Waals surface area contributed by atoms with Gasteiger partial charge in [0.2, 0.25) is 11.9 Å². The average molecular weight is 403 g/mol. The third-order valence-corrected chi connectivity index (χ3v) is 6.13. The fourth-order valence-corrected chi connectivity index (χ4v) is 4.33. The number of hydrogen-bond acceptors (Lipinski definition) is 5. The summed E-state index contributed by atoms with van der Waals surface area (Å²) in [7, 11) is 0. The van der Waals surface area contributed by atoms with Crippen LogP contribution in [0.4, 0.5) is 5.95 Å². The van der Waals surface area contributed by atoms with Crippen molar-refractivity contribution in [2.45, 2.75) is 31.4 Å². The van der Waals surface area contributed by atoms with Gasteiger partial charge in [-0.25, -0.2) is 4.52 Å². The van der Waals surface area contributed by atoms with Gasteiger partial charge in [0, 0.05) is 23.6 Å². The van der Waals surface area contributed by atoms with Crippen molar-refractivity contribution in [2.24, 2.45) is 5.92 Å². The molecular weight excluding hydrogens is 382 g/mol. The van der Waals surface area contributed by atoms with Crippen LogP contribution < -0.4 is 5.32 Å². The molecule has 2 unspecified atom stereocenters. The maximum absolute atomic E-state index is 12.9. The van der Waals surface area contributed by atoms with E-state index in [0.717, 1.165) is 30.5 Å². The number of carbonyl (C=O) groups is 2. The largest absolute Gasteiger partial charge is 0.374 e. The quantitative estimate of drug-likeness (QED) is 0.722. The molecule has 30 heavy (non-hydrogen) atoms. The summed E-state index contributed by atoms with van der Waals surface area (Å²) >= 11 is 0. The summed E-state index contributed by atoms with van der Waals surface area (Å²) in [6.45, 7) is 1.32. The number of pyridine rings is 1. The first-order valence-electron chi connectivity index (χ1n) is 10.4. The lowest BCUT2D eigenvalue weighted by atomic mass is 10.1. The highest BCUT2D eigenvalue weighted by atomic mass is 16.5. The topological polar surface area (TPSA) is 88.8 Å². The van der Waals surface area contributed by atoms with Gasteiger partial charge in [-0.1, -0.05) is 18.2 Å². The van der Waals surface area contributed by atoms with E-state index in [-0.39, 0.29) is 29.9 Å². The Balaban J connectivity index is 1.26. The molecule has 3 fully saturated rings. The average Bonchev–Trinajstić information content (AvgIpc) is 3.20. The van der Waals surface area contributed by atoms with Crippen molar-refractivity contribution in [1.29, 1.82) is 0 Å². The molecule has 152 valence electrons. The lowest BCUT2D eigenvalue weighted by molar-refractivity contribution is -0.117. The molecule has 1 N–H and O–H groups in total. The van der Waals surface area contributed by atoms with Gasteiger partial charge in [0.1, 0.15) is 0 Å². The van der Waals surface area contributed by atoms with E-state index >= 15 is 0 Å². The van der Waals surface area contributed by atoms with Gasteiger partial charge in [-0.2, -0.15) is 4.98 Å². The van der Waals surface area contributed by atoms with E-state index in [0.29, 0.717) is 30.3 Å². The molecule has 8 heteroatoms. The van der Waals surface area contributed by atoms with Gasteiger partial charge < -0.3 is 9.64 Å². The number of nitrogens with zero attached hydrogens (tertiary/aromatic N) is 4. The molecule has 0 spiro atoms. The minimum absolute atomic E-state index is 0.0173. The molecule has 2 amide bonds. The van der Waals surface area contributed by atoms with Crippen molar-refractivity contribution >= 4 is 23.4 Å². The second-order valence-corrected chi connectivity index (χ2v) is 8.26. The van der Waals surface area contributed by atoms with Gasteiger partial charge in [-0.15, -0.1) is 5.10 Å². The Morgan fingerprint density at radius 3 is 2.63 bits per heavy atom. The van der Waals surface area contributed by atoms with Gasteiger partial charge in [0.25, 0.3) is 5.91 Å². The Bertz CT molecular complexity index is 1150. The number of amides is 2. The summed E-state index contributed by atoms with van der Waals surface area (Å²) in [6, 6.07) is 13.5. The number of morpholine rings is 1. The minimum atomic E-state index is -0.0173. The molecule has 2 aliphatic heterocycles. The molecule has 1 aliphatic carbocycles. The van der Waals surface area contributed by atoms with E-state index in [1.54, 1.807) is 4.52 Å². The number of aromatic nitrogens is 3. The zero-order valence-electron chi connectivity index (χ0n) is 16.3. The molecular formula is C22H21N5O3. The maximum atomic E-state index is 12.9. The molecule has 0 radical (unpaired) electrons. The lowest BCUT2D eigenvalue weighted by Crippen LogP contribution is -2.41. The van der Waals surface area contributed by atoms with Crippen LogP contribution in [0.1, 0.15) is 29.6 Å². The fraction of sp³-hybridized carbons (Fsp3) is 0.364. The van der Waals surface area contributed by atoms with E-state index in [9.17, 15) is 9.59 Å². The zero-order chi connectivity index (χ0) is 20.2. The predicted octanol–water partition coefficient (Wildman–Crippen LogP) is 2.36. The number of anilines is 1. The van der Waals surface area contributed by atoms with Crippen LogP contribution in [-0.4, -0.2) is 56.6 Å². The van der Waals surface area contributed by atoms with E-state index in [1.807, 2.05) is 47.4 Å². The molecule has 6 rings (SSSR count).